The van der Waals surface area contributed by atoms with Crippen LogP contribution in [-0.2, 0) is 14.8 Å². The number of carbonyl (C=O) groups is 1. The van der Waals surface area contributed by atoms with Crippen LogP contribution in [0.25, 0.3) is 0 Å². The van der Waals surface area contributed by atoms with Crippen molar-refractivity contribution in [3.8, 4) is 0 Å². The smallest absolute Gasteiger partial charge is 0.243 e. The lowest BCUT2D eigenvalue weighted by Crippen LogP contribution is -2.51. The predicted molar refractivity (Wildman–Crippen MR) is 92.5 cm³/mol. The number of rotatable bonds is 4. The summed E-state index contributed by atoms with van der Waals surface area (Å²) in [5, 5.41) is 0.408. The third kappa shape index (κ3) is 3.91. The topological polar surface area (TPSA) is 60.9 Å². The summed E-state index contributed by atoms with van der Waals surface area (Å²) in [7, 11) is -3.53. The van der Waals surface area contributed by atoms with Gasteiger partial charge in [0.2, 0.25) is 15.9 Å². The van der Waals surface area contributed by atoms with Crippen LogP contribution in [0.4, 0.5) is 0 Å². The lowest BCUT2D eigenvalue weighted by Gasteiger charge is -2.34. The molecule has 0 radical (unpaired) electrons. The minimum absolute atomic E-state index is 0.152. The van der Waals surface area contributed by atoms with Crippen molar-refractivity contribution in [1.82, 2.24) is 14.1 Å². The Kier molecular flexibility index (Phi) is 5.44. The van der Waals surface area contributed by atoms with Crippen LogP contribution in [0.3, 0.4) is 0 Å². The molecule has 132 valence electrons. The van der Waals surface area contributed by atoms with E-state index in [1.54, 1.807) is 18.2 Å². The number of amides is 1. The zero-order valence-electron chi connectivity index (χ0n) is 13.5. The molecule has 0 aliphatic carbocycles. The molecule has 2 saturated heterocycles. The SMILES string of the molecule is O=C(CN1CCN(S(=O)(=O)c2cccc(Cl)c2)CC1)N1CCCC1. The highest BCUT2D eigenvalue weighted by atomic mass is 35.5. The minimum atomic E-state index is -3.53. The van der Waals surface area contributed by atoms with Crippen molar-refractivity contribution in [3.63, 3.8) is 0 Å². The molecule has 6 nitrogen and oxygen atoms in total. The maximum absolute atomic E-state index is 12.7. The Morgan fingerprint density at radius 1 is 1.04 bits per heavy atom. The molecular formula is C16H22ClN3O3S. The Balaban J connectivity index is 1.57. The monoisotopic (exact) mass is 371 g/mol. The van der Waals surface area contributed by atoms with Crippen molar-refractivity contribution in [3.05, 3.63) is 29.3 Å². The zero-order valence-corrected chi connectivity index (χ0v) is 15.1. The van der Waals surface area contributed by atoms with Gasteiger partial charge in [0.15, 0.2) is 0 Å². The van der Waals surface area contributed by atoms with E-state index < -0.39 is 10.0 Å². The first kappa shape index (κ1) is 17.7. The molecule has 2 fully saturated rings. The maximum atomic E-state index is 12.7. The molecule has 8 heteroatoms. The van der Waals surface area contributed by atoms with E-state index in [9.17, 15) is 13.2 Å². The first-order valence-corrected chi connectivity index (χ1v) is 10.0. The number of likely N-dealkylation sites (tertiary alicyclic amines) is 1. The molecule has 2 heterocycles. The maximum Gasteiger partial charge on any atom is 0.243 e. The van der Waals surface area contributed by atoms with Crippen LogP contribution < -0.4 is 0 Å². The van der Waals surface area contributed by atoms with Gasteiger partial charge >= 0.3 is 0 Å². The van der Waals surface area contributed by atoms with Crippen LogP contribution in [-0.4, -0.2) is 74.2 Å². The summed E-state index contributed by atoms with van der Waals surface area (Å²) in [4.78, 5) is 16.3. The van der Waals surface area contributed by atoms with E-state index in [4.69, 9.17) is 11.6 Å². The van der Waals surface area contributed by atoms with E-state index in [1.807, 2.05) is 9.80 Å². The highest BCUT2D eigenvalue weighted by molar-refractivity contribution is 7.89. The van der Waals surface area contributed by atoms with Crippen LogP contribution in [0, 0.1) is 0 Å². The summed E-state index contributed by atoms with van der Waals surface area (Å²) < 4.78 is 26.8. The van der Waals surface area contributed by atoms with Crippen molar-refractivity contribution < 1.29 is 13.2 Å². The van der Waals surface area contributed by atoms with Gasteiger partial charge in [-0.25, -0.2) is 8.42 Å². The van der Waals surface area contributed by atoms with E-state index in [1.165, 1.54) is 10.4 Å². The molecule has 2 aliphatic heterocycles. The van der Waals surface area contributed by atoms with Gasteiger partial charge in [0.25, 0.3) is 0 Å². The van der Waals surface area contributed by atoms with Crippen LogP contribution in [0.2, 0.25) is 5.02 Å². The van der Waals surface area contributed by atoms with Gasteiger partial charge in [0.1, 0.15) is 0 Å². The molecule has 24 heavy (non-hydrogen) atoms. The van der Waals surface area contributed by atoms with E-state index in [0.717, 1.165) is 25.9 Å². The molecule has 0 saturated carbocycles. The first-order valence-electron chi connectivity index (χ1n) is 8.23. The number of piperazine rings is 1. The molecule has 1 aromatic carbocycles. The summed E-state index contributed by atoms with van der Waals surface area (Å²) in [6.07, 6.45) is 2.16. The summed E-state index contributed by atoms with van der Waals surface area (Å²) in [5.41, 5.74) is 0. The van der Waals surface area contributed by atoms with Crippen molar-refractivity contribution >= 4 is 27.5 Å². The summed E-state index contributed by atoms with van der Waals surface area (Å²) in [6.45, 7) is 4.00. The molecule has 0 unspecified atom stereocenters. The molecule has 0 aromatic heterocycles. The van der Waals surface area contributed by atoms with Crippen LogP contribution in [0.5, 0.6) is 0 Å². The van der Waals surface area contributed by atoms with E-state index in [0.29, 0.717) is 37.7 Å². The van der Waals surface area contributed by atoms with Gasteiger partial charge in [-0.3, -0.25) is 9.69 Å². The number of carbonyl (C=O) groups excluding carboxylic acids is 1. The van der Waals surface area contributed by atoms with Crippen LogP contribution in [0.1, 0.15) is 12.8 Å². The average molecular weight is 372 g/mol. The Bertz CT molecular complexity index is 696. The highest BCUT2D eigenvalue weighted by Gasteiger charge is 2.30. The number of nitrogens with zero attached hydrogens (tertiary/aromatic N) is 3. The number of sulfonamides is 1. The van der Waals surface area contributed by atoms with Crippen molar-refractivity contribution in [2.75, 3.05) is 45.8 Å². The molecule has 3 rings (SSSR count). The molecule has 0 N–H and O–H groups in total. The summed E-state index contributed by atoms with van der Waals surface area (Å²) in [5.74, 6) is 0.152. The fraction of sp³-hybridized carbons (Fsp3) is 0.562. The Labute approximate surface area is 148 Å². The lowest BCUT2D eigenvalue weighted by atomic mass is 10.3. The number of halogens is 1. The third-order valence-corrected chi connectivity index (χ3v) is 6.71. The minimum Gasteiger partial charge on any atom is -0.342 e. The quantitative estimate of drug-likeness (QED) is 0.799. The number of hydrogen-bond acceptors (Lipinski definition) is 4. The second-order valence-electron chi connectivity index (χ2n) is 6.23. The van der Waals surface area contributed by atoms with Crippen molar-refractivity contribution in [1.29, 1.82) is 0 Å². The van der Waals surface area contributed by atoms with E-state index in [-0.39, 0.29) is 10.8 Å². The van der Waals surface area contributed by atoms with Gasteiger partial charge in [-0.05, 0) is 31.0 Å². The summed E-state index contributed by atoms with van der Waals surface area (Å²) in [6, 6.07) is 6.33. The molecular weight excluding hydrogens is 350 g/mol. The van der Waals surface area contributed by atoms with E-state index >= 15 is 0 Å². The average Bonchev–Trinajstić information content (AvgIpc) is 3.10. The van der Waals surface area contributed by atoms with Crippen molar-refractivity contribution in [2.24, 2.45) is 0 Å². The second-order valence-corrected chi connectivity index (χ2v) is 8.60. The van der Waals surface area contributed by atoms with Gasteiger partial charge < -0.3 is 4.90 Å². The van der Waals surface area contributed by atoms with Crippen LogP contribution in [0.15, 0.2) is 29.2 Å². The predicted octanol–water partition coefficient (Wildman–Crippen LogP) is 1.27. The standard InChI is InChI=1S/C16H22ClN3O3S/c17-14-4-3-5-15(12-14)24(22,23)20-10-8-18(9-11-20)13-16(21)19-6-1-2-7-19/h3-5,12H,1-2,6-11,13H2. The Hall–Kier alpha value is -1.15. The second kappa shape index (κ2) is 7.39. The lowest BCUT2D eigenvalue weighted by molar-refractivity contribution is -0.131. The van der Waals surface area contributed by atoms with Gasteiger partial charge in [-0.2, -0.15) is 4.31 Å². The third-order valence-electron chi connectivity index (χ3n) is 4.58. The fourth-order valence-corrected chi connectivity index (χ4v) is 4.89. The van der Waals surface area contributed by atoms with Gasteiger partial charge in [0.05, 0.1) is 11.4 Å². The number of hydrogen-bond donors (Lipinski definition) is 0. The van der Waals surface area contributed by atoms with E-state index in [2.05, 4.69) is 0 Å². The fourth-order valence-electron chi connectivity index (χ4n) is 3.16. The van der Waals surface area contributed by atoms with Gasteiger partial charge in [-0.15, -0.1) is 0 Å². The Morgan fingerprint density at radius 2 is 1.71 bits per heavy atom. The molecule has 2 aliphatic rings. The molecule has 1 amide bonds. The van der Waals surface area contributed by atoms with Crippen LogP contribution >= 0.6 is 11.6 Å². The summed E-state index contributed by atoms with van der Waals surface area (Å²) >= 11 is 5.90. The molecule has 0 atom stereocenters. The van der Waals surface area contributed by atoms with Gasteiger partial charge in [-0.1, -0.05) is 17.7 Å². The molecule has 0 spiro atoms. The number of benzene rings is 1. The largest absolute Gasteiger partial charge is 0.342 e. The Morgan fingerprint density at radius 3 is 2.33 bits per heavy atom. The van der Waals surface area contributed by atoms with Crippen molar-refractivity contribution in [2.45, 2.75) is 17.7 Å². The molecule has 1 aromatic rings. The zero-order chi connectivity index (χ0) is 17.2. The highest BCUT2D eigenvalue weighted by Crippen LogP contribution is 2.21. The van der Waals surface area contributed by atoms with Gasteiger partial charge in [0, 0.05) is 44.3 Å². The first-order chi connectivity index (χ1) is 11.5. The normalized spacial score (nSPS) is 20.5. The molecule has 0 bridgehead atoms.